The molecule has 0 spiro atoms. The van der Waals surface area contributed by atoms with Crippen molar-refractivity contribution in [3.05, 3.63) is 42.1 Å². The number of esters is 2. The lowest BCUT2D eigenvalue weighted by molar-refractivity contribution is -0.145. The number of ether oxygens (including phenoxy) is 4. The van der Waals surface area contributed by atoms with Crippen molar-refractivity contribution in [3.63, 3.8) is 0 Å². The van der Waals surface area contributed by atoms with Crippen LogP contribution in [0.4, 0.5) is 10.6 Å². The first kappa shape index (κ1) is 43.1. The molecule has 4 atom stereocenters. The molecule has 19 heteroatoms. The summed E-state index contributed by atoms with van der Waals surface area (Å²) in [6.07, 6.45) is -0.357. The fourth-order valence-electron chi connectivity index (χ4n) is 6.19. The molecule has 18 nitrogen and oxygen atoms in total. The Labute approximate surface area is 321 Å². The zero-order chi connectivity index (χ0) is 40.1. The second-order valence-corrected chi connectivity index (χ2v) is 15.4. The molecule has 3 amide bonds. The van der Waals surface area contributed by atoms with Crippen LogP contribution in [0.1, 0.15) is 51.5 Å². The predicted octanol–water partition coefficient (Wildman–Crippen LogP) is 2.04. The Bertz CT molecular complexity index is 1660. The highest BCUT2D eigenvalue weighted by atomic mass is 31.2. The van der Waals surface area contributed by atoms with E-state index >= 15 is 0 Å². The van der Waals surface area contributed by atoms with Crippen LogP contribution in [0.15, 0.2) is 36.4 Å². The average molecular weight is 789 g/mol. The molecule has 2 fully saturated rings. The fraction of sp³-hybridized carbons (Fsp3) is 0.583. The second kappa shape index (κ2) is 20.3. The number of methoxy groups -OCH3 is 1. The molecule has 302 valence electrons. The molecule has 1 aromatic carbocycles. The molecular weight excluding hydrogens is 735 g/mol. The third-order valence-electron chi connectivity index (χ3n) is 9.02. The predicted molar refractivity (Wildman–Crippen MR) is 202 cm³/mol. The molecule has 4 rings (SSSR count). The maximum absolute atomic E-state index is 14.8. The number of aromatic nitrogens is 2. The first-order valence-corrected chi connectivity index (χ1v) is 20.4. The molecule has 0 saturated carbocycles. The minimum Gasteiger partial charge on any atom is -0.465 e. The Morgan fingerprint density at radius 1 is 0.836 bits per heavy atom. The lowest BCUT2D eigenvalue weighted by Gasteiger charge is -2.37. The number of nitrogens with one attached hydrogen (secondary N) is 3. The average Bonchev–Trinajstić information content (AvgIpc) is 3.67. The zero-order valence-electron chi connectivity index (χ0n) is 32.3. The molecule has 2 aliphatic rings. The van der Waals surface area contributed by atoms with Gasteiger partial charge in [-0.15, -0.1) is 0 Å². The quantitative estimate of drug-likeness (QED) is 0.119. The summed E-state index contributed by atoms with van der Waals surface area (Å²) in [5.41, 5.74) is 0.608. The van der Waals surface area contributed by atoms with Gasteiger partial charge in [-0.2, -0.15) is 0 Å². The highest BCUT2D eigenvalue weighted by molar-refractivity contribution is 7.60. The highest BCUT2D eigenvalue weighted by Gasteiger charge is 2.40. The van der Waals surface area contributed by atoms with Crippen LogP contribution in [-0.4, -0.2) is 146 Å². The summed E-state index contributed by atoms with van der Waals surface area (Å²) in [7, 11) is -2.49. The van der Waals surface area contributed by atoms with Crippen molar-refractivity contribution < 1.29 is 47.5 Å². The van der Waals surface area contributed by atoms with Crippen LogP contribution in [0.5, 0.6) is 0 Å². The SMILES string of the molecule is CCOC(=O)[C@H](C)NP(=O)(C[C@H](NC(=O)c1cc(N2CC[C@H](OC)C2)nc(-c2ccccc2)n1)C(=O)N1CCN(C(=O)OCC)CC1)N[C@@H](C)C(=O)OCC. The van der Waals surface area contributed by atoms with Crippen molar-refractivity contribution in [2.45, 2.75) is 65.3 Å². The molecule has 0 bridgehead atoms. The molecule has 0 aliphatic carbocycles. The minimum atomic E-state index is -4.13. The van der Waals surface area contributed by atoms with Crippen molar-refractivity contribution in [1.82, 2.24) is 35.3 Å². The summed E-state index contributed by atoms with van der Waals surface area (Å²) in [5.74, 6) is -2.02. The molecule has 3 N–H and O–H groups in total. The molecule has 1 aromatic heterocycles. The zero-order valence-corrected chi connectivity index (χ0v) is 33.2. The van der Waals surface area contributed by atoms with Gasteiger partial charge in [0.05, 0.1) is 32.1 Å². The van der Waals surface area contributed by atoms with E-state index in [1.54, 1.807) is 27.9 Å². The Balaban J connectivity index is 1.72. The maximum atomic E-state index is 14.8. The number of amides is 3. The summed E-state index contributed by atoms with van der Waals surface area (Å²) in [6.45, 7) is 9.81. The number of hydrogen-bond acceptors (Lipinski definition) is 13. The molecule has 2 aliphatic heterocycles. The van der Waals surface area contributed by atoms with E-state index in [1.165, 1.54) is 29.7 Å². The third kappa shape index (κ3) is 11.9. The number of carbonyl (C=O) groups is 5. The molecule has 55 heavy (non-hydrogen) atoms. The topological polar surface area (TPSA) is 211 Å². The van der Waals surface area contributed by atoms with Gasteiger partial charge in [0.2, 0.25) is 13.4 Å². The Hall–Kier alpha value is -4.64. The minimum absolute atomic E-state index is 0.0261. The smallest absolute Gasteiger partial charge is 0.409 e. The van der Waals surface area contributed by atoms with Gasteiger partial charge in [-0.25, -0.2) is 24.9 Å². The van der Waals surface area contributed by atoms with Crippen LogP contribution in [0.2, 0.25) is 0 Å². The fourth-order valence-corrected chi connectivity index (χ4v) is 8.69. The van der Waals surface area contributed by atoms with Crippen molar-refractivity contribution in [3.8, 4) is 11.4 Å². The summed E-state index contributed by atoms with van der Waals surface area (Å²) >= 11 is 0. The first-order valence-electron chi connectivity index (χ1n) is 18.5. The third-order valence-corrected chi connectivity index (χ3v) is 11.5. The van der Waals surface area contributed by atoms with Gasteiger partial charge in [-0.05, 0) is 41.0 Å². The van der Waals surface area contributed by atoms with Gasteiger partial charge in [-0.1, -0.05) is 30.3 Å². The van der Waals surface area contributed by atoms with Crippen LogP contribution in [-0.2, 0) is 37.9 Å². The lowest BCUT2D eigenvalue weighted by Crippen LogP contribution is -2.57. The molecular formula is C36H53N8O10P. The second-order valence-electron chi connectivity index (χ2n) is 13.1. The Morgan fingerprint density at radius 3 is 1.96 bits per heavy atom. The van der Waals surface area contributed by atoms with Gasteiger partial charge >= 0.3 is 18.0 Å². The van der Waals surface area contributed by atoms with Gasteiger partial charge in [-0.3, -0.25) is 23.7 Å². The van der Waals surface area contributed by atoms with E-state index in [-0.39, 0.29) is 63.6 Å². The summed E-state index contributed by atoms with van der Waals surface area (Å²) in [5, 5.41) is 8.27. The molecule has 2 aromatic rings. The number of carbonyl (C=O) groups excluding carboxylic acids is 5. The van der Waals surface area contributed by atoms with E-state index in [0.717, 1.165) is 6.42 Å². The van der Waals surface area contributed by atoms with Crippen molar-refractivity contribution in [2.75, 3.05) is 77.3 Å². The summed E-state index contributed by atoms with van der Waals surface area (Å²) < 4.78 is 35.7. The van der Waals surface area contributed by atoms with E-state index in [0.29, 0.717) is 24.5 Å². The summed E-state index contributed by atoms with van der Waals surface area (Å²) in [4.78, 5) is 80.7. The molecule has 0 radical (unpaired) electrons. The standard InChI is InChI=1S/C36H53N8O10P/c1-7-52-34(47)24(4)40-55(50,41-25(5)35(48)53-8-2)23-29(33(46)42-17-19-43(20-18-42)36(49)54-9-3)38-32(45)28-21-30(44-16-15-27(22-44)51-6)39-31(37-28)26-13-11-10-12-14-26/h10-14,21,24-25,27,29H,7-9,15-20,22-23H2,1-6H3,(H,38,45)(H2,40,41,50)/t24-,25-,27-,29-/m0/s1. The Kier molecular flexibility index (Phi) is 15.9. The van der Waals surface area contributed by atoms with Crippen molar-refractivity contribution in [2.24, 2.45) is 0 Å². The lowest BCUT2D eigenvalue weighted by atomic mass is 10.2. The molecule has 2 saturated heterocycles. The van der Waals surface area contributed by atoms with E-state index in [1.807, 2.05) is 35.2 Å². The van der Waals surface area contributed by atoms with Crippen LogP contribution < -0.4 is 20.4 Å². The van der Waals surface area contributed by atoms with E-state index in [2.05, 4.69) is 20.5 Å². The number of hydrogen-bond donors (Lipinski definition) is 3. The van der Waals surface area contributed by atoms with Gasteiger partial charge in [0.25, 0.3) is 5.91 Å². The normalized spacial score (nSPS) is 17.6. The monoisotopic (exact) mass is 788 g/mol. The van der Waals surface area contributed by atoms with Crippen LogP contribution in [0.25, 0.3) is 11.4 Å². The van der Waals surface area contributed by atoms with Crippen molar-refractivity contribution >= 4 is 43.1 Å². The number of rotatable bonds is 17. The number of nitrogens with zero attached hydrogens (tertiary/aromatic N) is 5. The summed E-state index contributed by atoms with van der Waals surface area (Å²) in [6, 6.07) is 6.90. The molecule has 0 unspecified atom stereocenters. The van der Waals surface area contributed by atoms with Crippen LogP contribution >= 0.6 is 7.44 Å². The van der Waals surface area contributed by atoms with Gasteiger partial charge in [0.15, 0.2) is 5.82 Å². The largest absolute Gasteiger partial charge is 0.465 e. The van der Waals surface area contributed by atoms with E-state index < -0.39 is 61.6 Å². The van der Waals surface area contributed by atoms with Crippen molar-refractivity contribution in [1.29, 1.82) is 0 Å². The number of piperazine rings is 1. The van der Waals surface area contributed by atoms with E-state index in [4.69, 9.17) is 23.9 Å². The van der Waals surface area contributed by atoms with Gasteiger partial charge in [0, 0.05) is 58.0 Å². The van der Waals surface area contributed by atoms with Crippen LogP contribution in [0.3, 0.4) is 0 Å². The highest BCUT2D eigenvalue weighted by Crippen LogP contribution is 2.39. The van der Waals surface area contributed by atoms with Gasteiger partial charge < -0.3 is 39.0 Å². The Morgan fingerprint density at radius 2 is 1.42 bits per heavy atom. The number of benzene rings is 1. The van der Waals surface area contributed by atoms with E-state index in [9.17, 15) is 28.5 Å². The maximum Gasteiger partial charge on any atom is 0.409 e. The first-order chi connectivity index (χ1) is 26.3. The van der Waals surface area contributed by atoms with Crippen LogP contribution in [0, 0.1) is 0 Å². The van der Waals surface area contributed by atoms with Gasteiger partial charge in [0.1, 0.15) is 29.6 Å². The number of anilines is 1. The molecule has 3 heterocycles.